The highest BCUT2D eigenvalue weighted by molar-refractivity contribution is 7.89. The minimum absolute atomic E-state index is 0.0629. The van der Waals surface area contributed by atoms with Crippen LogP contribution in [0.25, 0.3) is 0 Å². The molecule has 1 aromatic heterocycles. The van der Waals surface area contributed by atoms with Crippen LogP contribution in [0.1, 0.15) is 19.8 Å². The van der Waals surface area contributed by atoms with Crippen molar-refractivity contribution >= 4 is 31.6 Å². The molecule has 1 aliphatic heterocycles. The molecule has 3 rings (SSSR count). The van der Waals surface area contributed by atoms with Crippen molar-refractivity contribution in [3.05, 3.63) is 36.8 Å². The van der Waals surface area contributed by atoms with Gasteiger partial charge in [0.05, 0.1) is 11.2 Å². The molecule has 0 atom stereocenters. The summed E-state index contributed by atoms with van der Waals surface area (Å²) in [6.07, 6.45) is 4.25. The van der Waals surface area contributed by atoms with Gasteiger partial charge in [0.2, 0.25) is 15.9 Å². The smallest absolute Gasteiger partial charge is 0.262 e. The molecule has 0 aliphatic carbocycles. The number of amides is 1. The topological polar surface area (TPSA) is 144 Å². The Kier molecular flexibility index (Phi) is 6.08. The first-order valence-corrected chi connectivity index (χ1v) is 12.0. The maximum atomic E-state index is 12.7. The van der Waals surface area contributed by atoms with Gasteiger partial charge < -0.3 is 9.88 Å². The number of primary sulfonamides is 1. The number of carbonyl (C=O) groups excluding carboxylic acids is 1. The van der Waals surface area contributed by atoms with E-state index in [-0.39, 0.29) is 16.5 Å². The Labute approximate surface area is 169 Å². The summed E-state index contributed by atoms with van der Waals surface area (Å²) in [5, 5.41) is 7.55. The standard InChI is InChI=1S/C17H23N5O5S2/c1-13-6-8-22(9-7-13)29(26,27)17-11-21(12-19-17)10-16(23)20-14-2-4-15(5-3-14)28(18,24)25/h2-5,11-13H,6-10H2,1H3,(H,20,23)(H2,18,24,25). The van der Waals surface area contributed by atoms with Gasteiger partial charge in [-0.15, -0.1) is 0 Å². The van der Waals surface area contributed by atoms with Crippen LogP contribution < -0.4 is 10.5 Å². The number of nitrogens with one attached hydrogen (secondary N) is 1. The second-order valence-electron chi connectivity index (χ2n) is 7.09. The van der Waals surface area contributed by atoms with Gasteiger partial charge in [-0.1, -0.05) is 6.92 Å². The van der Waals surface area contributed by atoms with Gasteiger partial charge in [-0.3, -0.25) is 4.79 Å². The molecule has 2 aromatic rings. The summed E-state index contributed by atoms with van der Waals surface area (Å²) in [5.74, 6) is 0.0863. The van der Waals surface area contributed by atoms with E-state index in [2.05, 4.69) is 17.2 Å². The Morgan fingerprint density at radius 1 is 1.17 bits per heavy atom. The van der Waals surface area contributed by atoms with E-state index in [1.807, 2.05) is 0 Å². The van der Waals surface area contributed by atoms with E-state index in [0.717, 1.165) is 12.8 Å². The fourth-order valence-electron chi connectivity index (χ4n) is 3.01. The Morgan fingerprint density at radius 3 is 2.38 bits per heavy atom. The largest absolute Gasteiger partial charge is 0.327 e. The molecule has 12 heteroatoms. The van der Waals surface area contributed by atoms with Crippen LogP contribution in [-0.4, -0.2) is 49.7 Å². The monoisotopic (exact) mass is 441 g/mol. The summed E-state index contributed by atoms with van der Waals surface area (Å²) in [5.41, 5.74) is 0.387. The van der Waals surface area contributed by atoms with Crippen LogP contribution in [0, 0.1) is 5.92 Å². The Bertz CT molecular complexity index is 1090. The maximum Gasteiger partial charge on any atom is 0.262 e. The van der Waals surface area contributed by atoms with E-state index in [1.54, 1.807) is 0 Å². The molecule has 0 spiro atoms. The highest BCUT2D eigenvalue weighted by Gasteiger charge is 2.29. The normalized spacial score (nSPS) is 16.6. The molecule has 0 bridgehead atoms. The number of rotatable bonds is 6. The molecule has 158 valence electrons. The van der Waals surface area contributed by atoms with Crippen molar-refractivity contribution in [1.29, 1.82) is 0 Å². The number of hydrogen-bond acceptors (Lipinski definition) is 6. The lowest BCUT2D eigenvalue weighted by Gasteiger charge is -2.28. The first-order chi connectivity index (χ1) is 13.6. The van der Waals surface area contributed by atoms with E-state index in [0.29, 0.717) is 24.7 Å². The van der Waals surface area contributed by atoms with Crippen molar-refractivity contribution in [2.24, 2.45) is 11.1 Å². The quantitative estimate of drug-likeness (QED) is 0.671. The first kappa shape index (κ1) is 21.4. The summed E-state index contributed by atoms with van der Waals surface area (Å²) in [6.45, 7) is 2.88. The molecular weight excluding hydrogens is 418 g/mol. The number of nitrogens with two attached hydrogens (primary N) is 1. The minimum atomic E-state index is -3.81. The number of imidazole rings is 1. The fraction of sp³-hybridized carbons (Fsp3) is 0.412. The number of aromatic nitrogens is 2. The molecule has 3 N–H and O–H groups in total. The summed E-state index contributed by atoms with van der Waals surface area (Å²) >= 11 is 0. The van der Waals surface area contributed by atoms with Gasteiger partial charge in [0.1, 0.15) is 6.54 Å². The number of nitrogens with zero attached hydrogens (tertiary/aromatic N) is 3. The minimum Gasteiger partial charge on any atom is -0.327 e. The van der Waals surface area contributed by atoms with E-state index in [9.17, 15) is 21.6 Å². The number of sulfonamides is 2. The summed E-state index contributed by atoms with van der Waals surface area (Å²) in [4.78, 5) is 16.1. The van der Waals surface area contributed by atoms with Gasteiger partial charge in [0, 0.05) is 25.0 Å². The van der Waals surface area contributed by atoms with Gasteiger partial charge in [0.25, 0.3) is 10.0 Å². The predicted octanol–water partition coefficient (Wildman–Crippen LogP) is 0.590. The van der Waals surface area contributed by atoms with Crippen LogP contribution in [0.15, 0.2) is 46.7 Å². The van der Waals surface area contributed by atoms with Crippen LogP contribution in [0.2, 0.25) is 0 Å². The lowest BCUT2D eigenvalue weighted by atomic mass is 10.0. The summed E-state index contributed by atoms with van der Waals surface area (Å²) < 4.78 is 50.7. The van der Waals surface area contributed by atoms with Gasteiger partial charge in [-0.25, -0.2) is 27.0 Å². The van der Waals surface area contributed by atoms with Crippen molar-refractivity contribution in [3.8, 4) is 0 Å². The molecule has 29 heavy (non-hydrogen) atoms. The molecular formula is C17H23N5O5S2. The van der Waals surface area contributed by atoms with Crippen molar-refractivity contribution in [3.63, 3.8) is 0 Å². The average Bonchev–Trinajstić information content (AvgIpc) is 3.11. The van der Waals surface area contributed by atoms with Crippen LogP contribution >= 0.6 is 0 Å². The average molecular weight is 442 g/mol. The molecule has 1 saturated heterocycles. The second kappa shape index (κ2) is 8.22. The molecule has 0 radical (unpaired) electrons. The van der Waals surface area contributed by atoms with Gasteiger partial charge in [-0.2, -0.15) is 4.31 Å². The highest BCUT2D eigenvalue weighted by Crippen LogP contribution is 2.22. The first-order valence-electron chi connectivity index (χ1n) is 9.00. The van der Waals surface area contributed by atoms with E-state index >= 15 is 0 Å². The number of carbonyl (C=O) groups is 1. The number of benzene rings is 1. The SMILES string of the molecule is CC1CCN(S(=O)(=O)c2cn(CC(=O)Nc3ccc(S(N)(=O)=O)cc3)cn2)CC1. The van der Waals surface area contributed by atoms with E-state index < -0.39 is 26.0 Å². The predicted molar refractivity (Wildman–Crippen MR) is 106 cm³/mol. The zero-order valence-corrected chi connectivity index (χ0v) is 17.5. The molecule has 1 aliphatic rings. The molecule has 0 unspecified atom stereocenters. The van der Waals surface area contributed by atoms with Crippen molar-refractivity contribution < 1.29 is 21.6 Å². The zero-order valence-electron chi connectivity index (χ0n) is 15.9. The third-order valence-electron chi connectivity index (χ3n) is 4.75. The molecule has 1 amide bonds. The van der Waals surface area contributed by atoms with Gasteiger partial charge in [0.15, 0.2) is 5.03 Å². The highest BCUT2D eigenvalue weighted by atomic mass is 32.2. The number of anilines is 1. The molecule has 2 heterocycles. The van der Waals surface area contributed by atoms with Gasteiger partial charge in [-0.05, 0) is 43.0 Å². The van der Waals surface area contributed by atoms with Crippen LogP contribution in [0.5, 0.6) is 0 Å². The summed E-state index contributed by atoms with van der Waals surface area (Å²) in [6, 6.07) is 5.40. The van der Waals surface area contributed by atoms with Crippen LogP contribution in [-0.2, 0) is 31.4 Å². The molecule has 1 aromatic carbocycles. The van der Waals surface area contributed by atoms with E-state index in [1.165, 1.54) is 45.7 Å². The van der Waals surface area contributed by atoms with Crippen molar-refractivity contribution in [2.75, 3.05) is 18.4 Å². The third-order valence-corrected chi connectivity index (χ3v) is 7.46. The zero-order chi connectivity index (χ0) is 21.2. The Hall–Kier alpha value is -2.28. The second-order valence-corrected chi connectivity index (χ2v) is 10.5. The van der Waals surface area contributed by atoms with Crippen LogP contribution in [0.3, 0.4) is 0 Å². The Balaban J connectivity index is 1.63. The van der Waals surface area contributed by atoms with Crippen LogP contribution in [0.4, 0.5) is 5.69 Å². The third kappa shape index (κ3) is 5.21. The summed E-state index contributed by atoms with van der Waals surface area (Å²) in [7, 11) is -7.48. The van der Waals surface area contributed by atoms with E-state index in [4.69, 9.17) is 5.14 Å². The number of piperidine rings is 1. The lowest BCUT2D eigenvalue weighted by molar-refractivity contribution is -0.116. The van der Waals surface area contributed by atoms with Crippen molar-refractivity contribution in [2.45, 2.75) is 36.2 Å². The van der Waals surface area contributed by atoms with Gasteiger partial charge >= 0.3 is 0 Å². The maximum absolute atomic E-state index is 12.7. The number of hydrogen-bond donors (Lipinski definition) is 2. The fourth-order valence-corrected chi connectivity index (χ4v) is 4.93. The van der Waals surface area contributed by atoms with Crippen molar-refractivity contribution in [1.82, 2.24) is 13.9 Å². The molecule has 1 fully saturated rings. The Morgan fingerprint density at radius 2 is 1.79 bits per heavy atom. The lowest BCUT2D eigenvalue weighted by Crippen LogP contribution is -2.38. The molecule has 10 nitrogen and oxygen atoms in total. The molecule has 0 saturated carbocycles.